The molecule has 44 heavy (non-hydrogen) atoms. The Morgan fingerprint density at radius 1 is 1.09 bits per heavy atom. The van der Waals surface area contributed by atoms with E-state index in [1.165, 1.54) is 24.5 Å². The number of carbonyl (C=O) groups excluding carboxylic acids is 1. The third-order valence-corrected chi connectivity index (χ3v) is 9.37. The van der Waals surface area contributed by atoms with Crippen LogP contribution in [-0.4, -0.2) is 77.4 Å². The normalized spacial score (nSPS) is 25.6. The van der Waals surface area contributed by atoms with E-state index in [2.05, 4.69) is 25.1 Å². The van der Waals surface area contributed by atoms with Crippen molar-refractivity contribution in [2.24, 2.45) is 10.7 Å². The van der Waals surface area contributed by atoms with E-state index in [0.29, 0.717) is 36.9 Å². The number of hydrogen-bond donors (Lipinski definition) is 3. The minimum absolute atomic E-state index is 0.0413. The number of rotatable bonds is 7. The number of aliphatic imine (C=N–C) groups is 1. The van der Waals surface area contributed by atoms with E-state index >= 15 is 4.39 Å². The van der Waals surface area contributed by atoms with Crippen LogP contribution in [-0.2, 0) is 6.18 Å². The summed E-state index contributed by atoms with van der Waals surface area (Å²) in [6.45, 7) is 7.00. The zero-order valence-corrected chi connectivity index (χ0v) is 25.3. The maximum absolute atomic E-state index is 15.9. The Labute approximate surface area is 253 Å². The standard InChI is InChI=1S/C31H39F4N7O2/c1-17-15-41(16-18(2)40(17)4)28-11-26(32)23(20(12-36)13-37-19(3)42-21-5-6-22(42)8-7-21)9-27(28)39-30(44)24-14-38-29(43)10-25(24)31(33,34)35/h9-14,17-19,21-22H,5-8,15-16,36H2,1-4H3,(H,38,43)(H,39,44)/b20-12+,37-13-/t17-,18+,19?,21?,22?. The first-order valence-electron chi connectivity index (χ1n) is 14.9. The van der Waals surface area contributed by atoms with E-state index in [1.807, 2.05) is 32.7 Å². The first-order valence-corrected chi connectivity index (χ1v) is 14.9. The molecule has 0 saturated carbocycles. The molecule has 238 valence electrons. The van der Waals surface area contributed by atoms with Crippen molar-refractivity contribution in [2.75, 3.05) is 30.4 Å². The Morgan fingerprint density at radius 3 is 2.27 bits per heavy atom. The molecule has 1 aromatic carbocycles. The van der Waals surface area contributed by atoms with Crippen LogP contribution in [0.2, 0.25) is 0 Å². The molecule has 2 bridgehead atoms. The number of likely N-dealkylation sites (N-methyl/N-ethyl adjacent to an activating group) is 1. The lowest BCUT2D eigenvalue weighted by molar-refractivity contribution is -0.138. The third kappa shape index (κ3) is 6.25. The van der Waals surface area contributed by atoms with Crippen molar-refractivity contribution in [3.63, 3.8) is 0 Å². The van der Waals surface area contributed by atoms with Gasteiger partial charge in [-0.25, -0.2) is 4.39 Å². The van der Waals surface area contributed by atoms with E-state index in [9.17, 15) is 22.8 Å². The molecular weight excluding hydrogens is 578 g/mol. The Balaban J connectivity index is 1.52. The van der Waals surface area contributed by atoms with Gasteiger partial charge in [0.2, 0.25) is 5.56 Å². The summed E-state index contributed by atoms with van der Waals surface area (Å²) in [5.41, 5.74) is 3.54. The molecule has 4 heterocycles. The number of allylic oxidation sites excluding steroid dienone is 1. The number of nitrogens with two attached hydrogens (primary N) is 1. The number of nitrogens with one attached hydrogen (secondary N) is 2. The molecule has 1 aromatic heterocycles. The number of benzene rings is 1. The summed E-state index contributed by atoms with van der Waals surface area (Å²) in [5, 5.41) is 2.57. The number of halogens is 4. The Hall–Kier alpha value is -3.71. The minimum Gasteiger partial charge on any atom is -0.404 e. The van der Waals surface area contributed by atoms with Gasteiger partial charge in [0.15, 0.2) is 0 Å². The predicted octanol–water partition coefficient (Wildman–Crippen LogP) is 4.66. The van der Waals surface area contributed by atoms with E-state index in [1.54, 1.807) is 0 Å². The summed E-state index contributed by atoms with van der Waals surface area (Å²) < 4.78 is 57.2. The largest absolute Gasteiger partial charge is 0.417 e. The van der Waals surface area contributed by atoms with Crippen molar-refractivity contribution in [3.05, 3.63) is 63.5 Å². The van der Waals surface area contributed by atoms with Gasteiger partial charge >= 0.3 is 6.18 Å². The lowest BCUT2D eigenvalue weighted by Crippen LogP contribution is -2.55. The molecule has 2 aromatic rings. The molecular formula is C31H39F4N7O2. The quantitative estimate of drug-likeness (QED) is 0.308. The van der Waals surface area contributed by atoms with Crippen molar-refractivity contribution in [1.29, 1.82) is 0 Å². The topological polar surface area (TPSA) is 110 Å². The number of hydrogen-bond acceptors (Lipinski definition) is 7. The zero-order valence-electron chi connectivity index (χ0n) is 25.3. The fourth-order valence-corrected chi connectivity index (χ4v) is 6.86. The molecule has 3 saturated heterocycles. The van der Waals surface area contributed by atoms with E-state index in [-0.39, 0.29) is 35.1 Å². The van der Waals surface area contributed by atoms with Crippen LogP contribution in [0.4, 0.5) is 28.9 Å². The van der Waals surface area contributed by atoms with Crippen molar-refractivity contribution in [2.45, 2.75) is 83.0 Å². The molecule has 5 rings (SSSR count). The van der Waals surface area contributed by atoms with Gasteiger partial charge in [-0.1, -0.05) is 0 Å². The average molecular weight is 618 g/mol. The lowest BCUT2D eigenvalue weighted by Gasteiger charge is -2.44. The predicted molar refractivity (Wildman–Crippen MR) is 163 cm³/mol. The molecule has 4 N–H and O–H groups in total. The molecule has 9 nitrogen and oxygen atoms in total. The summed E-state index contributed by atoms with van der Waals surface area (Å²) in [4.78, 5) is 38.3. The highest BCUT2D eigenvalue weighted by Crippen LogP contribution is 2.39. The molecule has 0 spiro atoms. The molecule has 3 aliphatic heterocycles. The summed E-state index contributed by atoms with van der Waals surface area (Å²) in [6.07, 6.45) is 2.93. The van der Waals surface area contributed by atoms with Gasteiger partial charge < -0.3 is 20.9 Å². The first-order chi connectivity index (χ1) is 20.8. The second-order valence-electron chi connectivity index (χ2n) is 12.1. The van der Waals surface area contributed by atoms with Crippen LogP contribution in [0.15, 0.2) is 40.4 Å². The Kier molecular flexibility index (Phi) is 8.90. The number of alkyl halides is 3. The molecule has 3 aliphatic rings. The van der Waals surface area contributed by atoms with E-state index in [4.69, 9.17) is 5.73 Å². The Morgan fingerprint density at radius 2 is 1.70 bits per heavy atom. The number of aromatic amines is 1. The number of anilines is 2. The molecule has 3 fully saturated rings. The zero-order chi connectivity index (χ0) is 31.9. The molecule has 3 atom stereocenters. The molecule has 1 unspecified atom stereocenters. The van der Waals surface area contributed by atoms with Crippen LogP contribution in [0.1, 0.15) is 67.9 Å². The monoisotopic (exact) mass is 617 g/mol. The van der Waals surface area contributed by atoms with E-state index in [0.717, 1.165) is 31.9 Å². The number of pyridine rings is 1. The number of aromatic nitrogens is 1. The fraction of sp³-hybridized carbons (Fsp3) is 0.516. The number of piperazine rings is 1. The molecule has 0 radical (unpaired) electrons. The van der Waals surface area contributed by atoms with Crippen LogP contribution < -0.4 is 21.5 Å². The van der Waals surface area contributed by atoms with Gasteiger partial charge in [-0.2, -0.15) is 13.2 Å². The van der Waals surface area contributed by atoms with Gasteiger partial charge in [0, 0.05) is 73.1 Å². The van der Waals surface area contributed by atoms with Crippen LogP contribution in [0, 0.1) is 5.82 Å². The third-order valence-electron chi connectivity index (χ3n) is 9.37. The van der Waals surface area contributed by atoms with Crippen LogP contribution >= 0.6 is 0 Å². The highest BCUT2D eigenvalue weighted by molar-refractivity contribution is 6.11. The highest BCUT2D eigenvalue weighted by Gasteiger charge is 2.41. The van der Waals surface area contributed by atoms with Crippen LogP contribution in [0.25, 0.3) is 5.57 Å². The van der Waals surface area contributed by atoms with Crippen LogP contribution in [0.3, 0.4) is 0 Å². The van der Waals surface area contributed by atoms with Gasteiger partial charge in [-0.3, -0.25) is 24.4 Å². The van der Waals surface area contributed by atoms with Gasteiger partial charge in [-0.05, 0) is 65.6 Å². The molecule has 13 heteroatoms. The minimum atomic E-state index is -4.95. The van der Waals surface area contributed by atoms with Crippen molar-refractivity contribution < 1.29 is 22.4 Å². The van der Waals surface area contributed by atoms with Crippen LogP contribution in [0.5, 0.6) is 0 Å². The molecule has 1 amide bonds. The second kappa shape index (κ2) is 12.4. The first kappa shape index (κ1) is 31.7. The summed E-state index contributed by atoms with van der Waals surface area (Å²) in [6, 6.07) is 4.12. The lowest BCUT2D eigenvalue weighted by atomic mass is 10.0. The second-order valence-corrected chi connectivity index (χ2v) is 12.1. The van der Waals surface area contributed by atoms with E-state index < -0.39 is 34.6 Å². The van der Waals surface area contributed by atoms with Crippen molar-refractivity contribution in [1.82, 2.24) is 14.8 Å². The van der Waals surface area contributed by atoms with Gasteiger partial charge in [0.05, 0.1) is 28.7 Å². The van der Waals surface area contributed by atoms with Gasteiger partial charge in [-0.15, -0.1) is 0 Å². The van der Waals surface area contributed by atoms with Crippen molar-refractivity contribution >= 4 is 29.1 Å². The molecule has 0 aliphatic carbocycles. The van der Waals surface area contributed by atoms with Gasteiger partial charge in [0.25, 0.3) is 5.91 Å². The fourth-order valence-electron chi connectivity index (χ4n) is 6.86. The summed E-state index contributed by atoms with van der Waals surface area (Å²) >= 11 is 0. The smallest absolute Gasteiger partial charge is 0.404 e. The van der Waals surface area contributed by atoms with Crippen molar-refractivity contribution in [3.8, 4) is 0 Å². The van der Waals surface area contributed by atoms with Gasteiger partial charge in [0.1, 0.15) is 5.82 Å². The number of nitrogens with zero attached hydrogens (tertiary/aromatic N) is 4. The SMILES string of the molecule is CC(/N=C\C(=C/N)c1cc(NC(=O)c2c[nH]c(=O)cc2C(F)(F)F)c(N2C[C@@H](C)N(C)[C@@H](C)C2)cc1F)N1C2CCC1CC2. The highest BCUT2D eigenvalue weighted by atomic mass is 19.4. The average Bonchev–Trinajstić information content (AvgIpc) is 3.57. The Bertz CT molecular complexity index is 1490. The number of H-pyrrole nitrogens is 1. The number of amides is 1. The summed E-state index contributed by atoms with van der Waals surface area (Å²) in [7, 11) is 1.99. The number of carbonyl (C=O) groups is 1. The maximum atomic E-state index is 15.9. The number of fused-ring (bicyclic) bond motifs is 2. The summed E-state index contributed by atoms with van der Waals surface area (Å²) in [5.74, 6) is -1.72. The maximum Gasteiger partial charge on any atom is 0.417 e.